The Morgan fingerprint density at radius 2 is 1.47 bits per heavy atom. The highest BCUT2D eigenvalue weighted by Gasteiger charge is 2.68. The zero-order chi connectivity index (χ0) is 29.9. The Labute approximate surface area is 245 Å². The summed E-state index contributed by atoms with van der Waals surface area (Å²) in [5.74, 6) is -3.68. The molecular weight excluding hydrogens is 548 g/mol. The molecule has 0 unspecified atom stereocenters. The van der Waals surface area contributed by atoms with E-state index in [2.05, 4.69) is 10.5 Å². The molecule has 3 aliphatic carbocycles. The summed E-state index contributed by atoms with van der Waals surface area (Å²) < 4.78 is 0. The lowest BCUT2D eigenvalue weighted by molar-refractivity contribution is -0.384. The molecule has 1 fully saturated rings. The molecule has 4 aromatic rings. The number of hydrazone groups is 1. The van der Waals surface area contributed by atoms with Gasteiger partial charge in [0.05, 0.1) is 27.9 Å². The molecule has 3 amide bonds. The number of non-ortho nitro benzene ring substituents is 1. The summed E-state index contributed by atoms with van der Waals surface area (Å²) in [7, 11) is 0. The second-order valence-corrected chi connectivity index (χ2v) is 10.9. The highest BCUT2D eigenvalue weighted by atomic mass is 16.6. The van der Waals surface area contributed by atoms with Crippen LogP contribution in [0.5, 0.6) is 0 Å². The molecule has 10 heteroatoms. The van der Waals surface area contributed by atoms with Gasteiger partial charge in [0.2, 0.25) is 11.8 Å². The third-order valence-corrected chi connectivity index (χ3v) is 8.81. The van der Waals surface area contributed by atoms with Gasteiger partial charge in [-0.3, -0.25) is 24.5 Å². The first-order valence-electron chi connectivity index (χ1n) is 13.7. The average molecular weight is 573 g/mol. The number of amides is 3. The summed E-state index contributed by atoms with van der Waals surface area (Å²) in [6.45, 7) is 0. The molecule has 10 nitrogen and oxygen atoms in total. The van der Waals surface area contributed by atoms with E-state index in [-0.39, 0.29) is 11.4 Å². The summed E-state index contributed by atoms with van der Waals surface area (Å²) in [6, 6.07) is 29.0. The molecule has 2 N–H and O–H groups in total. The first-order chi connectivity index (χ1) is 20.8. The van der Waals surface area contributed by atoms with E-state index < -0.39 is 51.9 Å². The van der Waals surface area contributed by atoms with E-state index in [1.165, 1.54) is 30.5 Å². The highest BCUT2D eigenvalue weighted by Crippen LogP contribution is 2.63. The molecular formula is C33H24N4O6. The van der Waals surface area contributed by atoms with Gasteiger partial charge in [0, 0.05) is 24.3 Å². The van der Waals surface area contributed by atoms with E-state index >= 15 is 0 Å². The molecule has 3 atom stereocenters. The van der Waals surface area contributed by atoms with Crippen molar-refractivity contribution >= 4 is 35.3 Å². The lowest BCUT2D eigenvalue weighted by atomic mass is 9.47. The van der Waals surface area contributed by atoms with Crippen molar-refractivity contribution in [2.75, 3.05) is 4.90 Å². The summed E-state index contributed by atoms with van der Waals surface area (Å²) in [4.78, 5) is 53.2. The molecule has 2 bridgehead atoms. The second-order valence-electron chi connectivity index (χ2n) is 10.9. The Morgan fingerprint density at radius 3 is 2.07 bits per heavy atom. The van der Waals surface area contributed by atoms with Gasteiger partial charge in [-0.15, -0.1) is 0 Å². The predicted octanol–water partition coefficient (Wildman–Crippen LogP) is 3.98. The topological polar surface area (TPSA) is 142 Å². The maximum atomic E-state index is 14.4. The van der Waals surface area contributed by atoms with Gasteiger partial charge in [0.25, 0.3) is 11.6 Å². The Bertz CT molecular complexity index is 1790. The number of hydrogen-bond acceptors (Lipinski definition) is 7. The van der Waals surface area contributed by atoms with Gasteiger partial charge in [-0.1, -0.05) is 78.9 Å². The van der Waals surface area contributed by atoms with Crippen molar-refractivity contribution in [3.8, 4) is 0 Å². The van der Waals surface area contributed by atoms with E-state index in [1.807, 2.05) is 48.5 Å². The van der Waals surface area contributed by atoms with Crippen LogP contribution < -0.4 is 10.3 Å². The van der Waals surface area contributed by atoms with Crippen molar-refractivity contribution in [2.45, 2.75) is 17.4 Å². The molecule has 1 saturated heterocycles. The first kappa shape index (κ1) is 26.4. The summed E-state index contributed by atoms with van der Waals surface area (Å²) >= 11 is 0. The number of rotatable bonds is 6. The number of aliphatic hydroxyl groups excluding tert-OH is 1. The first-order valence-corrected chi connectivity index (χ1v) is 13.7. The lowest BCUT2D eigenvalue weighted by Crippen LogP contribution is -2.54. The molecule has 4 aromatic carbocycles. The number of carbonyl (C=O) groups is 3. The van der Waals surface area contributed by atoms with Crippen molar-refractivity contribution in [2.24, 2.45) is 16.9 Å². The van der Waals surface area contributed by atoms with Crippen molar-refractivity contribution in [1.82, 2.24) is 5.43 Å². The fraction of sp³-hybridized carbons (Fsp3) is 0.152. The Balaban J connectivity index is 1.35. The van der Waals surface area contributed by atoms with Crippen LogP contribution in [0.15, 0.2) is 108 Å². The fourth-order valence-corrected chi connectivity index (χ4v) is 7.07. The minimum atomic E-state index is -1.46. The number of anilines is 1. The monoisotopic (exact) mass is 572 g/mol. The van der Waals surface area contributed by atoms with Crippen LogP contribution in [0, 0.1) is 22.0 Å². The van der Waals surface area contributed by atoms with Crippen molar-refractivity contribution in [3.63, 3.8) is 0 Å². The molecule has 1 heterocycles. The average Bonchev–Trinajstić information content (AvgIpc) is 3.31. The normalized spacial score (nSPS) is 23.9. The molecule has 8 rings (SSSR count). The van der Waals surface area contributed by atoms with Crippen LogP contribution in [-0.2, 0) is 19.8 Å². The predicted molar refractivity (Wildman–Crippen MR) is 156 cm³/mol. The Morgan fingerprint density at radius 1 is 0.884 bits per heavy atom. The van der Waals surface area contributed by atoms with Gasteiger partial charge in [-0.2, -0.15) is 5.10 Å². The van der Waals surface area contributed by atoms with Gasteiger partial charge in [0.1, 0.15) is 0 Å². The molecule has 0 aromatic heterocycles. The van der Waals surface area contributed by atoms with Crippen LogP contribution in [0.3, 0.4) is 0 Å². The van der Waals surface area contributed by atoms with Crippen LogP contribution in [0.1, 0.15) is 39.8 Å². The number of carbonyl (C=O) groups excluding carboxylic acids is 3. The summed E-state index contributed by atoms with van der Waals surface area (Å²) in [5.41, 5.74) is 5.08. The number of imide groups is 1. The minimum Gasteiger partial charge on any atom is -0.378 e. The standard InChI is InChI=1S/C33H24N4O6/c38-29(19-8-2-1-3-9-19)30(39)35-34-18-33-24-12-6-4-10-22(24)26(23-11-5-7-13-25(23)33)27-28(33)32(41)36(31(27)40)20-14-16-21(17-15-20)37(42)43/h1-18,26-29,38H,(H,35,39)/b34-18-/t26?,27-,28+,29+,33?/m0/s1. The Kier molecular flexibility index (Phi) is 6.03. The largest absolute Gasteiger partial charge is 0.378 e. The Hall–Kier alpha value is -5.48. The quantitative estimate of drug-likeness (QED) is 0.155. The lowest BCUT2D eigenvalue weighted by Gasteiger charge is -2.52. The zero-order valence-electron chi connectivity index (χ0n) is 22.5. The SMILES string of the molecule is O=C(N/N=C\C12c3ccccc3C(c3ccccc31)[C@@H]1C(=O)N(c3ccc([N+](=O)[O-])cc3)C(=O)[C@@H]12)[C@H](O)c1ccccc1. The number of nitrogens with one attached hydrogen (secondary N) is 1. The number of aliphatic hydroxyl groups is 1. The molecule has 1 aliphatic heterocycles. The van der Waals surface area contributed by atoms with E-state index in [9.17, 15) is 29.6 Å². The van der Waals surface area contributed by atoms with Crippen LogP contribution in [-0.4, -0.2) is 34.0 Å². The number of nitro groups is 1. The van der Waals surface area contributed by atoms with Gasteiger partial charge in [0.15, 0.2) is 6.10 Å². The van der Waals surface area contributed by atoms with Crippen molar-refractivity contribution in [3.05, 3.63) is 141 Å². The third-order valence-electron chi connectivity index (χ3n) is 8.81. The molecule has 0 radical (unpaired) electrons. The van der Waals surface area contributed by atoms with Crippen molar-refractivity contribution < 1.29 is 24.4 Å². The second kappa shape index (κ2) is 9.81. The maximum absolute atomic E-state index is 14.4. The van der Waals surface area contributed by atoms with Crippen LogP contribution >= 0.6 is 0 Å². The van der Waals surface area contributed by atoms with Crippen LogP contribution in [0.4, 0.5) is 11.4 Å². The summed E-state index contributed by atoms with van der Waals surface area (Å²) in [5, 5.41) is 26.1. The maximum Gasteiger partial charge on any atom is 0.273 e. The number of nitro benzene ring substituents is 1. The molecule has 0 spiro atoms. The fourth-order valence-electron chi connectivity index (χ4n) is 7.07. The van der Waals surface area contributed by atoms with Crippen molar-refractivity contribution in [1.29, 1.82) is 0 Å². The molecule has 212 valence electrons. The zero-order valence-corrected chi connectivity index (χ0v) is 22.5. The summed E-state index contributed by atoms with van der Waals surface area (Å²) in [6.07, 6.45) is 0.0512. The van der Waals surface area contributed by atoms with Gasteiger partial charge < -0.3 is 5.11 Å². The minimum absolute atomic E-state index is 0.155. The van der Waals surface area contributed by atoms with Gasteiger partial charge >= 0.3 is 0 Å². The highest BCUT2D eigenvalue weighted by molar-refractivity contribution is 6.25. The molecule has 4 aliphatic rings. The molecule has 43 heavy (non-hydrogen) atoms. The van der Waals surface area contributed by atoms with E-state index in [4.69, 9.17) is 0 Å². The number of nitrogens with zero attached hydrogens (tertiary/aromatic N) is 3. The van der Waals surface area contributed by atoms with E-state index in [0.29, 0.717) is 5.56 Å². The van der Waals surface area contributed by atoms with Crippen LogP contribution in [0.25, 0.3) is 0 Å². The molecule has 0 saturated carbocycles. The van der Waals surface area contributed by atoms with Gasteiger partial charge in [-0.05, 0) is 39.9 Å². The van der Waals surface area contributed by atoms with E-state index in [0.717, 1.165) is 27.2 Å². The number of benzene rings is 4. The smallest absolute Gasteiger partial charge is 0.273 e. The third kappa shape index (κ3) is 3.76. The van der Waals surface area contributed by atoms with Crippen LogP contribution in [0.2, 0.25) is 0 Å². The van der Waals surface area contributed by atoms with Gasteiger partial charge in [-0.25, -0.2) is 10.3 Å². The van der Waals surface area contributed by atoms with E-state index in [1.54, 1.807) is 30.3 Å². The number of hydrogen-bond donors (Lipinski definition) is 2.